The summed E-state index contributed by atoms with van der Waals surface area (Å²) < 4.78 is 0. The van der Waals surface area contributed by atoms with Crippen LogP contribution in [0.1, 0.15) is 58.6 Å². The number of piperazine rings is 1. The number of carbonyl (C=O) groups excluding carboxylic acids is 1. The van der Waals surface area contributed by atoms with Crippen molar-refractivity contribution in [2.45, 2.75) is 72.5 Å². The zero-order chi connectivity index (χ0) is 17.7. The van der Waals surface area contributed by atoms with Crippen molar-refractivity contribution in [3.8, 4) is 0 Å². The molecule has 0 radical (unpaired) electrons. The number of benzene rings is 1. The van der Waals surface area contributed by atoms with E-state index in [1.807, 2.05) is 0 Å². The number of hydrogen-bond acceptors (Lipinski definition) is 2. The van der Waals surface area contributed by atoms with Gasteiger partial charge in [-0.05, 0) is 42.2 Å². The first-order valence-corrected chi connectivity index (χ1v) is 9.51. The Morgan fingerprint density at radius 3 is 2.17 bits per heavy atom. The molecule has 0 unspecified atom stereocenters. The standard InChI is InChI=1S/C21H34N2O/c1-6-17-7-9-18(10-8-17)13-23-14-19(11-15(2)3)22-21(24)20(23)12-16(4)5/h7-10,15-16,19-20H,6,11-14H2,1-5H3,(H,22,24)/t19-,20-/m0/s1. The van der Waals surface area contributed by atoms with E-state index in [1.54, 1.807) is 0 Å². The topological polar surface area (TPSA) is 32.3 Å². The number of aryl methyl sites for hydroxylation is 1. The normalized spacial score (nSPS) is 22.2. The highest BCUT2D eigenvalue weighted by molar-refractivity contribution is 5.82. The Labute approximate surface area is 147 Å². The number of nitrogens with zero attached hydrogens (tertiary/aromatic N) is 1. The molecule has 1 aromatic rings. The Bertz CT molecular complexity index is 521. The second kappa shape index (κ2) is 8.66. The van der Waals surface area contributed by atoms with Gasteiger partial charge >= 0.3 is 0 Å². The Balaban J connectivity index is 2.13. The van der Waals surface area contributed by atoms with E-state index in [9.17, 15) is 4.79 Å². The third-order valence-electron chi connectivity index (χ3n) is 4.81. The zero-order valence-corrected chi connectivity index (χ0v) is 16.0. The fourth-order valence-corrected chi connectivity index (χ4v) is 3.61. The Kier molecular flexibility index (Phi) is 6.85. The molecule has 0 aliphatic carbocycles. The van der Waals surface area contributed by atoms with Crippen LogP contribution < -0.4 is 5.32 Å². The van der Waals surface area contributed by atoms with E-state index in [0.29, 0.717) is 11.8 Å². The molecule has 1 fully saturated rings. The highest BCUT2D eigenvalue weighted by Crippen LogP contribution is 2.22. The lowest BCUT2D eigenvalue weighted by molar-refractivity contribution is -0.132. The summed E-state index contributed by atoms with van der Waals surface area (Å²) in [7, 11) is 0. The van der Waals surface area contributed by atoms with Gasteiger partial charge in [0.05, 0.1) is 6.04 Å². The molecule has 1 aliphatic heterocycles. The number of hydrogen-bond donors (Lipinski definition) is 1. The minimum atomic E-state index is -0.000682. The summed E-state index contributed by atoms with van der Waals surface area (Å²) in [5, 5.41) is 3.26. The van der Waals surface area contributed by atoms with Crippen molar-refractivity contribution in [2.75, 3.05) is 6.54 Å². The van der Waals surface area contributed by atoms with Gasteiger partial charge in [0.25, 0.3) is 0 Å². The molecule has 3 heteroatoms. The molecule has 1 saturated heterocycles. The van der Waals surface area contributed by atoms with E-state index in [1.165, 1.54) is 11.1 Å². The largest absolute Gasteiger partial charge is 0.351 e. The lowest BCUT2D eigenvalue weighted by atomic mass is 9.94. The molecular formula is C21H34N2O. The van der Waals surface area contributed by atoms with Crippen LogP contribution in [0.25, 0.3) is 0 Å². The summed E-state index contributed by atoms with van der Waals surface area (Å²) in [5.74, 6) is 1.33. The second-order valence-corrected chi connectivity index (χ2v) is 8.08. The fourth-order valence-electron chi connectivity index (χ4n) is 3.61. The van der Waals surface area contributed by atoms with Gasteiger partial charge in [-0.15, -0.1) is 0 Å². The molecule has 2 rings (SSSR count). The van der Waals surface area contributed by atoms with E-state index in [4.69, 9.17) is 0 Å². The maximum atomic E-state index is 12.7. The number of carbonyl (C=O) groups is 1. The molecule has 1 aromatic carbocycles. The smallest absolute Gasteiger partial charge is 0.237 e. The first-order valence-electron chi connectivity index (χ1n) is 9.51. The highest BCUT2D eigenvalue weighted by atomic mass is 16.2. The van der Waals surface area contributed by atoms with Gasteiger partial charge in [0.15, 0.2) is 0 Å². The van der Waals surface area contributed by atoms with Crippen molar-refractivity contribution in [3.63, 3.8) is 0 Å². The SMILES string of the molecule is CCc1ccc(CN2C[C@H](CC(C)C)NC(=O)[C@@H]2CC(C)C)cc1. The van der Waals surface area contributed by atoms with Gasteiger partial charge in [-0.1, -0.05) is 58.9 Å². The average molecular weight is 331 g/mol. The molecule has 3 nitrogen and oxygen atoms in total. The van der Waals surface area contributed by atoms with Crippen LogP contribution in [0.5, 0.6) is 0 Å². The minimum absolute atomic E-state index is 0.000682. The van der Waals surface area contributed by atoms with Crippen LogP contribution in [0.2, 0.25) is 0 Å². The Morgan fingerprint density at radius 1 is 1.04 bits per heavy atom. The lowest BCUT2D eigenvalue weighted by Gasteiger charge is -2.40. The summed E-state index contributed by atoms with van der Waals surface area (Å²) in [6, 6.07) is 9.13. The molecule has 24 heavy (non-hydrogen) atoms. The monoisotopic (exact) mass is 330 g/mol. The Morgan fingerprint density at radius 2 is 1.62 bits per heavy atom. The van der Waals surface area contributed by atoms with Crippen molar-refractivity contribution < 1.29 is 4.79 Å². The van der Waals surface area contributed by atoms with Gasteiger partial charge < -0.3 is 5.32 Å². The lowest BCUT2D eigenvalue weighted by Crippen LogP contribution is -2.60. The molecule has 0 aromatic heterocycles. The van der Waals surface area contributed by atoms with E-state index >= 15 is 0 Å². The van der Waals surface area contributed by atoms with Gasteiger partial charge in [-0.3, -0.25) is 9.69 Å². The molecule has 0 saturated carbocycles. The summed E-state index contributed by atoms with van der Waals surface area (Å²) >= 11 is 0. The molecule has 1 amide bonds. The predicted molar refractivity (Wildman–Crippen MR) is 101 cm³/mol. The highest BCUT2D eigenvalue weighted by Gasteiger charge is 2.34. The van der Waals surface area contributed by atoms with Crippen molar-refractivity contribution in [1.82, 2.24) is 10.2 Å². The molecule has 2 atom stereocenters. The van der Waals surface area contributed by atoms with Crippen LogP contribution in [-0.2, 0) is 17.8 Å². The molecule has 1 N–H and O–H groups in total. The summed E-state index contributed by atoms with van der Waals surface area (Å²) in [4.78, 5) is 15.1. The van der Waals surface area contributed by atoms with Crippen LogP contribution in [0.15, 0.2) is 24.3 Å². The second-order valence-electron chi connectivity index (χ2n) is 8.08. The predicted octanol–water partition coefficient (Wildman–Crippen LogP) is 4.01. The number of amides is 1. The van der Waals surface area contributed by atoms with Crippen LogP contribution in [0.3, 0.4) is 0 Å². The van der Waals surface area contributed by atoms with Gasteiger partial charge in [-0.25, -0.2) is 0 Å². The summed E-state index contributed by atoms with van der Waals surface area (Å²) in [5.41, 5.74) is 2.67. The van der Waals surface area contributed by atoms with Crippen molar-refractivity contribution in [3.05, 3.63) is 35.4 Å². The van der Waals surface area contributed by atoms with Gasteiger partial charge in [0.1, 0.15) is 0 Å². The van der Waals surface area contributed by atoms with Gasteiger partial charge in [-0.2, -0.15) is 0 Å². The van der Waals surface area contributed by atoms with E-state index < -0.39 is 0 Å². The van der Waals surface area contributed by atoms with Crippen LogP contribution in [0.4, 0.5) is 0 Å². The van der Waals surface area contributed by atoms with Crippen LogP contribution in [0, 0.1) is 11.8 Å². The fraction of sp³-hybridized carbons (Fsp3) is 0.667. The van der Waals surface area contributed by atoms with E-state index in [2.05, 4.69) is 69.1 Å². The minimum Gasteiger partial charge on any atom is -0.351 e. The third-order valence-corrected chi connectivity index (χ3v) is 4.81. The van der Waals surface area contributed by atoms with Gasteiger partial charge in [0.2, 0.25) is 5.91 Å². The average Bonchev–Trinajstić information content (AvgIpc) is 2.50. The summed E-state index contributed by atoms with van der Waals surface area (Å²) in [6.07, 6.45) is 3.04. The zero-order valence-electron chi connectivity index (χ0n) is 16.0. The molecular weight excluding hydrogens is 296 g/mol. The van der Waals surface area contributed by atoms with Gasteiger partial charge in [0, 0.05) is 19.1 Å². The van der Waals surface area contributed by atoms with E-state index in [0.717, 1.165) is 32.4 Å². The van der Waals surface area contributed by atoms with Crippen molar-refractivity contribution >= 4 is 5.91 Å². The molecule has 1 aliphatic rings. The van der Waals surface area contributed by atoms with Crippen LogP contribution >= 0.6 is 0 Å². The molecule has 0 bridgehead atoms. The van der Waals surface area contributed by atoms with E-state index in [-0.39, 0.29) is 18.0 Å². The summed E-state index contributed by atoms with van der Waals surface area (Å²) in [6.45, 7) is 12.8. The number of nitrogens with one attached hydrogen (secondary N) is 1. The third kappa shape index (κ3) is 5.34. The van der Waals surface area contributed by atoms with Crippen molar-refractivity contribution in [1.29, 1.82) is 0 Å². The molecule has 134 valence electrons. The molecule has 0 spiro atoms. The van der Waals surface area contributed by atoms with Crippen molar-refractivity contribution in [2.24, 2.45) is 11.8 Å². The molecule has 1 heterocycles. The first-order chi connectivity index (χ1) is 11.4. The Hall–Kier alpha value is -1.35. The quantitative estimate of drug-likeness (QED) is 0.819. The first kappa shape index (κ1) is 19.0. The maximum Gasteiger partial charge on any atom is 0.237 e. The number of rotatable bonds is 7. The van der Waals surface area contributed by atoms with Crippen LogP contribution in [-0.4, -0.2) is 29.4 Å². The maximum absolute atomic E-state index is 12.7.